The third-order valence-electron chi connectivity index (χ3n) is 2.29. The summed E-state index contributed by atoms with van der Waals surface area (Å²) in [5.74, 6) is -0.496. The van der Waals surface area contributed by atoms with Gasteiger partial charge in [-0.3, -0.25) is 4.79 Å². The third kappa shape index (κ3) is 3.82. The zero-order valence-corrected chi connectivity index (χ0v) is 10.4. The Morgan fingerprint density at radius 1 is 1.33 bits per heavy atom. The highest BCUT2D eigenvalue weighted by Crippen LogP contribution is 2.08. The Balaban J connectivity index is 1.87. The first-order valence-electron chi connectivity index (χ1n) is 5.48. The van der Waals surface area contributed by atoms with E-state index in [2.05, 4.69) is 5.32 Å². The number of amides is 1. The summed E-state index contributed by atoms with van der Waals surface area (Å²) >= 11 is 1.59. The summed E-state index contributed by atoms with van der Waals surface area (Å²) in [5, 5.41) is 4.72. The number of hydrogen-bond acceptors (Lipinski definition) is 2. The smallest absolute Gasteiger partial charge is 0.244 e. The third-order valence-corrected chi connectivity index (χ3v) is 3.17. The molecule has 1 aromatic heterocycles. The van der Waals surface area contributed by atoms with Gasteiger partial charge in [-0.25, -0.2) is 4.39 Å². The van der Waals surface area contributed by atoms with E-state index in [1.165, 1.54) is 18.2 Å². The Morgan fingerprint density at radius 2 is 2.22 bits per heavy atom. The molecular weight excluding hydrogens is 249 g/mol. The first-order chi connectivity index (χ1) is 8.74. The van der Waals surface area contributed by atoms with Gasteiger partial charge >= 0.3 is 0 Å². The van der Waals surface area contributed by atoms with Gasteiger partial charge in [0, 0.05) is 11.0 Å². The van der Waals surface area contributed by atoms with Crippen molar-refractivity contribution in [3.05, 3.63) is 64.1 Å². The molecule has 0 atom stereocenters. The van der Waals surface area contributed by atoms with Crippen LogP contribution in [0.1, 0.15) is 10.4 Å². The fourth-order valence-electron chi connectivity index (χ4n) is 1.43. The molecule has 0 unspecified atom stereocenters. The molecule has 0 spiro atoms. The molecule has 4 heteroatoms. The quantitative estimate of drug-likeness (QED) is 0.841. The van der Waals surface area contributed by atoms with Gasteiger partial charge in [0.25, 0.3) is 0 Å². The van der Waals surface area contributed by atoms with Crippen molar-refractivity contribution < 1.29 is 9.18 Å². The molecule has 92 valence electrons. The molecule has 0 aliphatic carbocycles. The Hall–Kier alpha value is -1.94. The van der Waals surface area contributed by atoms with E-state index in [4.69, 9.17) is 0 Å². The highest BCUT2D eigenvalue weighted by molar-refractivity contribution is 7.09. The van der Waals surface area contributed by atoms with Crippen LogP contribution in [0.4, 0.5) is 4.39 Å². The lowest BCUT2D eigenvalue weighted by Crippen LogP contribution is -2.19. The van der Waals surface area contributed by atoms with Crippen molar-refractivity contribution in [2.45, 2.75) is 6.54 Å². The summed E-state index contributed by atoms with van der Waals surface area (Å²) in [6.45, 7) is 0.518. The number of hydrogen-bond donors (Lipinski definition) is 1. The number of carbonyl (C=O) groups excluding carboxylic acids is 1. The predicted molar refractivity (Wildman–Crippen MR) is 71.6 cm³/mol. The van der Waals surface area contributed by atoms with E-state index in [-0.39, 0.29) is 11.7 Å². The van der Waals surface area contributed by atoms with Gasteiger partial charge in [-0.15, -0.1) is 11.3 Å². The van der Waals surface area contributed by atoms with E-state index in [0.29, 0.717) is 12.1 Å². The monoisotopic (exact) mass is 261 g/mol. The van der Waals surface area contributed by atoms with E-state index in [1.54, 1.807) is 29.5 Å². The summed E-state index contributed by atoms with van der Waals surface area (Å²) in [5.41, 5.74) is 0.668. The minimum absolute atomic E-state index is 0.187. The Bertz CT molecular complexity index is 549. The Kier molecular flexibility index (Phi) is 4.25. The number of thiophene rings is 1. The maximum Gasteiger partial charge on any atom is 0.244 e. The van der Waals surface area contributed by atoms with Crippen LogP contribution >= 0.6 is 11.3 Å². The molecule has 1 amide bonds. The standard InChI is InChI=1S/C14H12FNOS/c15-12-4-1-3-11(9-12)6-7-14(17)16-10-13-5-2-8-18-13/h1-9H,10H2,(H,16,17). The fourth-order valence-corrected chi connectivity index (χ4v) is 2.07. The van der Waals surface area contributed by atoms with E-state index >= 15 is 0 Å². The average molecular weight is 261 g/mol. The first-order valence-corrected chi connectivity index (χ1v) is 6.36. The molecule has 0 aliphatic rings. The molecule has 0 fully saturated rings. The van der Waals surface area contributed by atoms with E-state index in [0.717, 1.165) is 4.88 Å². The highest BCUT2D eigenvalue weighted by atomic mass is 32.1. The molecule has 2 nitrogen and oxygen atoms in total. The van der Waals surface area contributed by atoms with Crippen molar-refractivity contribution in [2.75, 3.05) is 0 Å². The van der Waals surface area contributed by atoms with Crippen molar-refractivity contribution in [1.82, 2.24) is 5.32 Å². The van der Waals surface area contributed by atoms with Crippen LogP contribution in [-0.2, 0) is 11.3 Å². The van der Waals surface area contributed by atoms with Crippen molar-refractivity contribution in [3.63, 3.8) is 0 Å². The van der Waals surface area contributed by atoms with Gasteiger partial charge in [-0.2, -0.15) is 0 Å². The van der Waals surface area contributed by atoms with Crippen LogP contribution < -0.4 is 5.32 Å². The average Bonchev–Trinajstić information content (AvgIpc) is 2.87. The summed E-state index contributed by atoms with van der Waals surface area (Å²) in [6, 6.07) is 10.00. The minimum atomic E-state index is -0.309. The molecule has 1 aromatic carbocycles. The molecule has 2 rings (SSSR count). The molecule has 0 saturated heterocycles. The number of nitrogens with one attached hydrogen (secondary N) is 1. The van der Waals surface area contributed by atoms with Gasteiger partial charge in [0.1, 0.15) is 5.82 Å². The summed E-state index contributed by atoms with van der Waals surface area (Å²) < 4.78 is 12.9. The fraction of sp³-hybridized carbons (Fsp3) is 0.0714. The van der Waals surface area contributed by atoms with Crippen molar-refractivity contribution >= 4 is 23.3 Å². The van der Waals surface area contributed by atoms with Crippen molar-refractivity contribution in [2.24, 2.45) is 0 Å². The van der Waals surface area contributed by atoms with Crippen LogP contribution in [0.25, 0.3) is 6.08 Å². The number of benzene rings is 1. The highest BCUT2D eigenvalue weighted by Gasteiger charge is 1.97. The maximum atomic E-state index is 12.9. The summed E-state index contributed by atoms with van der Waals surface area (Å²) in [6.07, 6.45) is 3.00. The molecule has 0 bridgehead atoms. The Labute approximate surface area is 109 Å². The van der Waals surface area contributed by atoms with Crippen LogP contribution in [0, 0.1) is 5.82 Å². The molecule has 1 N–H and O–H groups in total. The lowest BCUT2D eigenvalue weighted by molar-refractivity contribution is -0.116. The number of halogens is 1. The van der Waals surface area contributed by atoms with Crippen LogP contribution in [-0.4, -0.2) is 5.91 Å². The van der Waals surface area contributed by atoms with Crippen molar-refractivity contribution in [1.29, 1.82) is 0 Å². The second kappa shape index (κ2) is 6.12. The van der Waals surface area contributed by atoms with Gasteiger partial charge in [-0.1, -0.05) is 18.2 Å². The Morgan fingerprint density at radius 3 is 2.94 bits per heavy atom. The van der Waals surface area contributed by atoms with Gasteiger partial charge < -0.3 is 5.32 Å². The molecule has 18 heavy (non-hydrogen) atoms. The van der Waals surface area contributed by atoms with Gasteiger partial charge in [0.15, 0.2) is 0 Å². The largest absolute Gasteiger partial charge is 0.348 e. The van der Waals surface area contributed by atoms with Crippen LogP contribution in [0.15, 0.2) is 47.9 Å². The molecular formula is C14H12FNOS. The molecule has 0 saturated carbocycles. The lowest BCUT2D eigenvalue weighted by Gasteiger charge is -1.99. The van der Waals surface area contributed by atoms with E-state index in [1.807, 2.05) is 17.5 Å². The zero-order valence-electron chi connectivity index (χ0n) is 9.60. The lowest BCUT2D eigenvalue weighted by atomic mass is 10.2. The zero-order chi connectivity index (χ0) is 12.8. The normalized spacial score (nSPS) is 10.7. The maximum absolute atomic E-state index is 12.9. The molecule has 1 heterocycles. The van der Waals surface area contributed by atoms with Gasteiger partial charge in [-0.05, 0) is 35.2 Å². The van der Waals surface area contributed by atoms with Crippen LogP contribution in [0.5, 0.6) is 0 Å². The van der Waals surface area contributed by atoms with Gasteiger partial charge in [0.2, 0.25) is 5.91 Å². The van der Waals surface area contributed by atoms with Crippen LogP contribution in [0.3, 0.4) is 0 Å². The summed E-state index contributed by atoms with van der Waals surface area (Å²) in [4.78, 5) is 12.6. The summed E-state index contributed by atoms with van der Waals surface area (Å²) in [7, 11) is 0. The topological polar surface area (TPSA) is 29.1 Å². The number of rotatable bonds is 4. The molecule has 2 aromatic rings. The first kappa shape index (κ1) is 12.5. The molecule has 0 radical (unpaired) electrons. The number of carbonyl (C=O) groups is 1. The predicted octanol–water partition coefficient (Wildman–Crippen LogP) is 3.22. The van der Waals surface area contributed by atoms with E-state index in [9.17, 15) is 9.18 Å². The second-order valence-corrected chi connectivity index (χ2v) is 4.72. The van der Waals surface area contributed by atoms with Crippen LogP contribution in [0.2, 0.25) is 0 Å². The van der Waals surface area contributed by atoms with E-state index < -0.39 is 0 Å². The SMILES string of the molecule is O=C(C=Cc1cccc(F)c1)NCc1cccs1. The second-order valence-electron chi connectivity index (χ2n) is 3.69. The van der Waals surface area contributed by atoms with Crippen molar-refractivity contribution in [3.8, 4) is 0 Å². The molecule has 0 aliphatic heterocycles. The van der Waals surface area contributed by atoms with Gasteiger partial charge in [0.05, 0.1) is 6.54 Å². The minimum Gasteiger partial charge on any atom is -0.348 e.